The molecule has 28 heavy (non-hydrogen) atoms. The molecule has 0 unspecified atom stereocenters. The van der Waals surface area contributed by atoms with E-state index in [4.69, 9.17) is 4.42 Å². The Labute approximate surface area is 158 Å². The van der Waals surface area contributed by atoms with Gasteiger partial charge in [-0.1, -0.05) is 0 Å². The van der Waals surface area contributed by atoms with Crippen molar-refractivity contribution in [1.82, 2.24) is 20.5 Å². The van der Waals surface area contributed by atoms with Crippen molar-refractivity contribution < 1.29 is 22.4 Å². The molecule has 1 atom stereocenters. The SMILES string of the molecule is C[C@@]1(c2nnc(-c3ncccc3NC34CC(C(F)(F)F)(C3)C4)o2)CCNC1=O. The molecule has 6 rings (SSSR count). The normalized spacial score (nSPS) is 33.8. The Morgan fingerprint density at radius 3 is 2.64 bits per heavy atom. The van der Waals surface area contributed by atoms with Crippen LogP contribution >= 0.6 is 0 Å². The lowest BCUT2D eigenvalue weighted by Gasteiger charge is -2.70. The fraction of sp³-hybridized carbons (Fsp3) is 0.556. The summed E-state index contributed by atoms with van der Waals surface area (Å²) >= 11 is 0. The molecule has 1 saturated heterocycles. The fourth-order valence-corrected chi connectivity index (χ4v) is 4.66. The van der Waals surface area contributed by atoms with Crippen LogP contribution in [0.3, 0.4) is 0 Å². The fourth-order valence-electron chi connectivity index (χ4n) is 4.66. The van der Waals surface area contributed by atoms with Crippen LogP contribution in [0.25, 0.3) is 11.6 Å². The van der Waals surface area contributed by atoms with Gasteiger partial charge in [-0.25, -0.2) is 4.98 Å². The number of pyridine rings is 1. The Hall–Kier alpha value is -2.65. The molecule has 2 bridgehead atoms. The molecule has 3 heterocycles. The lowest BCUT2D eigenvalue weighted by atomic mass is 9.39. The molecule has 3 saturated carbocycles. The number of alkyl halides is 3. The first-order chi connectivity index (χ1) is 13.2. The Kier molecular flexibility index (Phi) is 3.26. The second-order valence-electron chi connectivity index (χ2n) is 8.36. The Bertz CT molecular complexity index is 952. The average Bonchev–Trinajstić information content (AvgIpc) is 3.17. The summed E-state index contributed by atoms with van der Waals surface area (Å²) in [5.41, 5.74) is -2.07. The molecule has 0 spiro atoms. The van der Waals surface area contributed by atoms with Crippen molar-refractivity contribution in [2.45, 2.75) is 49.7 Å². The van der Waals surface area contributed by atoms with E-state index in [0.29, 0.717) is 24.3 Å². The van der Waals surface area contributed by atoms with Gasteiger partial charge in [0.15, 0.2) is 5.69 Å². The summed E-state index contributed by atoms with van der Waals surface area (Å²) in [6.07, 6.45) is -1.88. The Balaban J connectivity index is 1.40. The van der Waals surface area contributed by atoms with E-state index in [-0.39, 0.29) is 37.0 Å². The predicted octanol–water partition coefficient (Wildman–Crippen LogP) is 2.81. The highest BCUT2D eigenvalue weighted by atomic mass is 19.4. The van der Waals surface area contributed by atoms with Crippen molar-refractivity contribution in [3.8, 4) is 11.6 Å². The van der Waals surface area contributed by atoms with Gasteiger partial charge in [-0.2, -0.15) is 13.2 Å². The minimum Gasteiger partial charge on any atom is -0.418 e. The van der Waals surface area contributed by atoms with Crippen LogP contribution in [0.4, 0.5) is 18.9 Å². The van der Waals surface area contributed by atoms with E-state index in [1.165, 1.54) is 0 Å². The highest BCUT2D eigenvalue weighted by Crippen LogP contribution is 2.74. The van der Waals surface area contributed by atoms with Crippen molar-refractivity contribution in [2.24, 2.45) is 5.41 Å². The third-order valence-electron chi connectivity index (χ3n) is 6.35. The van der Waals surface area contributed by atoms with Gasteiger partial charge in [0.2, 0.25) is 11.8 Å². The van der Waals surface area contributed by atoms with E-state index in [1.54, 1.807) is 25.3 Å². The van der Waals surface area contributed by atoms with Crippen molar-refractivity contribution in [3.63, 3.8) is 0 Å². The summed E-state index contributed by atoms with van der Waals surface area (Å²) in [7, 11) is 0. The standard InChI is InChI=1S/C18H18F3N5O2/c1-15(4-6-23-13(15)27)14-26-25-12(28-14)11-10(3-2-5-22-11)24-17-7-16(8-17,9-17)18(19,20)21/h2-3,5,24H,4,6-9H2,1H3,(H,23,27)/t15-,16?,17?/m1/s1. The molecule has 1 amide bonds. The molecule has 1 aliphatic heterocycles. The third kappa shape index (κ3) is 2.23. The van der Waals surface area contributed by atoms with Gasteiger partial charge in [0.25, 0.3) is 5.89 Å². The highest BCUT2D eigenvalue weighted by Gasteiger charge is 2.78. The van der Waals surface area contributed by atoms with Gasteiger partial charge in [-0.05, 0) is 44.7 Å². The van der Waals surface area contributed by atoms with Gasteiger partial charge < -0.3 is 15.1 Å². The Morgan fingerprint density at radius 1 is 1.25 bits per heavy atom. The van der Waals surface area contributed by atoms with E-state index in [1.807, 2.05) is 0 Å². The number of carbonyl (C=O) groups is 1. The van der Waals surface area contributed by atoms with Crippen LogP contribution < -0.4 is 10.6 Å². The molecule has 3 aliphatic carbocycles. The topological polar surface area (TPSA) is 92.9 Å². The number of nitrogens with zero attached hydrogens (tertiary/aromatic N) is 3. The second-order valence-corrected chi connectivity index (χ2v) is 8.36. The van der Waals surface area contributed by atoms with E-state index in [2.05, 4.69) is 25.8 Å². The third-order valence-corrected chi connectivity index (χ3v) is 6.35. The molecule has 148 valence electrons. The van der Waals surface area contributed by atoms with Crippen LogP contribution in [0.1, 0.15) is 38.5 Å². The van der Waals surface area contributed by atoms with E-state index in [9.17, 15) is 18.0 Å². The van der Waals surface area contributed by atoms with Gasteiger partial charge in [0, 0.05) is 18.3 Å². The summed E-state index contributed by atoms with van der Waals surface area (Å²) < 4.78 is 45.0. The van der Waals surface area contributed by atoms with E-state index < -0.39 is 22.5 Å². The summed E-state index contributed by atoms with van der Waals surface area (Å²) in [6, 6.07) is 3.43. The predicted molar refractivity (Wildman–Crippen MR) is 91.2 cm³/mol. The molecular formula is C18H18F3N5O2. The molecule has 0 aromatic carbocycles. The van der Waals surface area contributed by atoms with Gasteiger partial charge in [-0.15, -0.1) is 10.2 Å². The zero-order valence-corrected chi connectivity index (χ0v) is 15.1. The smallest absolute Gasteiger partial charge is 0.394 e. The lowest BCUT2D eigenvalue weighted by Crippen LogP contribution is -2.75. The van der Waals surface area contributed by atoms with Crippen molar-refractivity contribution in [2.75, 3.05) is 11.9 Å². The number of nitrogens with one attached hydrogen (secondary N) is 2. The summed E-state index contributed by atoms with van der Waals surface area (Å²) in [5, 5.41) is 14.0. The van der Waals surface area contributed by atoms with Crippen LogP contribution in [-0.2, 0) is 10.2 Å². The molecule has 2 aromatic rings. The monoisotopic (exact) mass is 393 g/mol. The van der Waals surface area contributed by atoms with Crippen molar-refractivity contribution >= 4 is 11.6 Å². The summed E-state index contributed by atoms with van der Waals surface area (Å²) in [4.78, 5) is 16.4. The first kappa shape index (κ1) is 17.4. The largest absolute Gasteiger partial charge is 0.418 e. The molecule has 7 nitrogen and oxygen atoms in total. The molecule has 10 heteroatoms. The van der Waals surface area contributed by atoms with E-state index in [0.717, 1.165) is 0 Å². The molecule has 4 aliphatic rings. The van der Waals surface area contributed by atoms with Crippen LogP contribution in [0, 0.1) is 5.41 Å². The van der Waals surface area contributed by atoms with Gasteiger partial charge >= 0.3 is 6.18 Å². The molecule has 2 N–H and O–H groups in total. The number of carbonyl (C=O) groups excluding carboxylic acids is 1. The van der Waals surface area contributed by atoms with Crippen LogP contribution in [0.5, 0.6) is 0 Å². The average molecular weight is 393 g/mol. The molecular weight excluding hydrogens is 375 g/mol. The van der Waals surface area contributed by atoms with Gasteiger partial charge in [0.05, 0.1) is 11.1 Å². The zero-order chi connectivity index (χ0) is 19.8. The summed E-state index contributed by atoms with van der Waals surface area (Å²) in [5.74, 6) is 0.167. The number of halogens is 3. The first-order valence-corrected chi connectivity index (χ1v) is 9.09. The minimum atomic E-state index is -4.16. The molecule has 0 radical (unpaired) electrons. The van der Waals surface area contributed by atoms with Crippen LogP contribution in [-0.4, -0.2) is 39.3 Å². The number of hydrogen-bond acceptors (Lipinski definition) is 6. The van der Waals surface area contributed by atoms with Gasteiger partial charge in [0.1, 0.15) is 5.41 Å². The van der Waals surface area contributed by atoms with Crippen molar-refractivity contribution in [1.29, 1.82) is 0 Å². The highest BCUT2D eigenvalue weighted by molar-refractivity contribution is 5.88. The maximum absolute atomic E-state index is 13.1. The molecule has 2 aromatic heterocycles. The quantitative estimate of drug-likeness (QED) is 0.830. The maximum Gasteiger partial charge on any atom is 0.394 e. The second kappa shape index (κ2) is 5.24. The van der Waals surface area contributed by atoms with Gasteiger partial charge in [-0.3, -0.25) is 4.79 Å². The number of aromatic nitrogens is 3. The number of anilines is 1. The lowest BCUT2D eigenvalue weighted by molar-refractivity contribution is -0.326. The summed E-state index contributed by atoms with van der Waals surface area (Å²) in [6.45, 7) is 2.27. The number of hydrogen-bond donors (Lipinski definition) is 2. The van der Waals surface area contributed by atoms with E-state index >= 15 is 0 Å². The molecule has 4 fully saturated rings. The van der Waals surface area contributed by atoms with Crippen LogP contribution in [0.2, 0.25) is 0 Å². The maximum atomic E-state index is 13.1. The number of amides is 1. The minimum absolute atomic E-state index is 0.0607. The first-order valence-electron chi connectivity index (χ1n) is 9.09. The van der Waals surface area contributed by atoms with Crippen molar-refractivity contribution in [3.05, 3.63) is 24.2 Å². The van der Waals surface area contributed by atoms with Crippen LogP contribution in [0.15, 0.2) is 22.7 Å². The Morgan fingerprint density at radius 2 is 2.00 bits per heavy atom. The zero-order valence-electron chi connectivity index (χ0n) is 15.1. The number of rotatable bonds is 4.